The molecule has 1 heterocycles. The smallest absolute Gasteiger partial charge is 0.372 e. The Kier molecular flexibility index (Phi) is 4.34. The van der Waals surface area contributed by atoms with E-state index in [1.165, 1.54) is 12.8 Å². The van der Waals surface area contributed by atoms with E-state index in [9.17, 15) is 4.79 Å². The summed E-state index contributed by atoms with van der Waals surface area (Å²) < 4.78 is 7.69. The number of ether oxygens (including phenoxy) is 1. The normalized spacial score (nSPS) is 32.5. The van der Waals surface area contributed by atoms with Crippen molar-refractivity contribution in [3.05, 3.63) is 30.6 Å². The zero-order valence-electron chi connectivity index (χ0n) is 13.0. The standard InChI is InChI=1S/C17H24NO2.ClH/c1-16(2)13-7-8-17(16,3)14(11-13)20-15(19)12-18-9-5-4-6-10-18;/h4-6,9-10,13-14H,7-8,11-12H2,1-3H3;1H/q+1;/p-1. The van der Waals surface area contributed by atoms with Gasteiger partial charge >= 0.3 is 5.97 Å². The minimum absolute atomic E-state index is 0. The van der Waals surface area contributed by atoms with Crippen LogP contribution in [0, 0.1) is 16.7 Å². The average molecular weight is 310 g/mol. The Morgan fingerprint density at radius 1 is 1.24 bits per heavy atom. The van der Waals surface area contributed by atoms with Crippen molar-refractivity contribution in [1.82, 2.24) is 0 Å². The molecule has 3 unspecified atom stereocenters. The summed E-state index contributed by atoms with van der Waals surface area (Å²) in [5.74, 6) is 0.588. The SMILES string of the molecule is CC1(C)C2CCC1(C)C(OC(=O)C[n+]1ccccc1)C2.[Cl-]. The minimum atomic E-state index is -0.115. The van der Waals surface area contributed by atoms with E-state index in [0.717, 1.165) is 6.42 Å². The molecule has 2 bridgehead atoms. The van der Waals surface area contributed by atoms with E-state index in [-0.39, 0.29) is 35.3 Å². The van der Waals surface area contributed by atoms with Gasteiger partial charge in [-0.15, -0.1) is 0 Å². The lowest BCUT2D eigenvalue weighted by Gasteiger charge is -2.38. The first-order chi connectivity index (χ1) is 9.43. The third-order valence-electron chi connectivity index (χ3n) is 6.08. The molecule has 1 aromatic rings. The van der Waals surface area contributed by atoms with Gasteiger partial charge in [0.2, 0.25) is 6.54 Å². The van der Waals surface area contributed by atoms with Crippen molar-refractivity contribution in [2.24, 2.45) is 16.7 Å². The van der Waals surface area contributed by atoms with Gasteiger partial charge < -0.3 is 17.1 Å². The third kappa shape index (κ3) is 2.57. The molecule has 116 valence electrons. The van der Waals surface area contributed by atoms with Gasteiger partial charge in [0.05, 0.1) is 0 Å². The summed E-state index contributed by atoms with van der Waals surface area (Å²) in [7, 11) is 0. The van der Waals surface area contributed by atoms with Gasteiger partial charge in [0.1, 0.15) is 6.10 Å². The van der Waals surface area contributed by atoms with E-state index in [0.29, 0.717) is 12.5 Å². The first-order valence-corrected chi connectivity index (χ1v) is 7.57. The number of hydrogen-bond donors (Lipinski definition) is 0. The zero-order chi connectivity index (χ0) is 14.4. The van der Waals surface area contributed by atoms with Crippen LogP contribution in [0.5, 0.6) is 0 Å². The van der Waals surface area contributed by atoms with E-state index in [4.69, 9.17) is 4.74 Å². The van der Waals surface area contributed by atoms with Gasteiger partial charge in [-0.05, 0) is 30.6 Å². The molecule has 0 amide bonds. The van der Waals surface area contributed by atoms with E-state index in [1.54, 1.807) is 0 Å². The molecule has 0 N–H and O–H groups in total. The van der Waals surface area contributed by atoms with Crippen molar-refractivity contribution in [2.75, 3.05) is 0 Å². The summed E-state index contributed by atoms with van der Waals surface area (Å²) in [5.41, 5.74) is 0.437. The van der Waals surface area contributed by atoms with Crippen molar-refractivity contribution in [1.29, 1.82) is 0 Å². The second-order valence-corrected chi connectivity index (χ2v) is 7.14. The molecule has 3 nitrogen and oxygen atoms in total. The number of carbonyl (C=O) groups excluding carboxylic acids is 1. The molecule has 3 rings (SSSR count). The Bertz CT molecular complexity index is 517. The number of halogens is 1. The summed E-state index contributed by atoms with van der Waals surface area (Å²) in [5, 5.41) is 0. The number of aromatic nitrogens is 1. The average Bonchev–Trinajstić information content (AvgIpc) is 2.73. The molecule has 21 heavy (non-hydrogen) atoms. The summed E-state index contributed by atoms with van der Waals surface area (Å²) in [6, 6.07) is 5.80. The summed E-state index contributed by atoms with van der Waals surface area (Å²) in [4.78, 5) is 12.2. The van der Waals surface area contributed by atoms with Crippen LogP contribution in [0.2, 0.25) is 0 Å². The second kappa shape index (κ2) is 5.60. The molecule has 0 aromatic carbocycles. The number of fused-ring (bicyclic) bond motifs is 2. The summed E-state index contributed by atoms with van der Waals surface area (Å²) in [6.07, 6.45) is 7.38. The van der Waals surface area contributed by atoms with Gasteiger partial charge in [-0.25, -0.2) is 4.79 Å². The van der Waals surface area contributed by atoms with Crippen molar-refractivity contribution < 1.29 is 26.5 Å². The number of rotatable bonds is 3. The molecule has 0 spiro atoms. The Labute approximate surface area is 133 Å². The molecule has 2 fully saturated rings. The van der Waals surface area contributed by atoms with E-state index in [1.807, 2.05) is 35.2 Å². The number of carbonyl (C=O) groups is 1. The molecule has 0 saturated heterocycles. The maximum Gasteiger partial charge on any atom is 0.372 e. The van der Waals surface area contributed by atoms with Gasteiger partial charge in [-0.1, -0.05) is 26.8 Å². The second-order valence-electron chi connectivity index (χ2n) is 7.14. The molecule has 1 aromatic heterocycles. The van der Waals surface area contributed by atoms with Crippen LogP contribution in [-0.2, 0) is 16.1 Å². The Hall–Kier alpha value is -1.09. The summed E-state index contributed by atoms with van der Waals surface area (Å²) in [6.45, 7) is 7.28. The van der Waals surface area contributed by atoms with E-state index < -0.39 is 0 Å². The molecular formula is C17H24ClNO2. The van der Waals surface area contributed by atoms with Crippen LogP contribution in [0.4, 0.5) is 0 Å². The molecule has 4 heteroatoms. The van der Waals surface area contributed by atoms with E-state index in [2.05, 4.69) is 20.8 Å². The maximum absolute atomic E-state index is 12.2. The van der Waals surface area contributed by atoms with Gasteiger partial charge in [0.25, 0.3) is 0 Å². The van der Waals surface area contributed by atoms with Crippen LogP contribution in [0.15, 0.2) is 30.6 Å². The zero-order valence-corrected chi connectivity index (χ0v) is 13.8. The fourth-order valence-electron chi connectivity index (χ4n) is 4.19. The molecule has 2 saturated carbocycles. The van der Waals surface area contributed by atoms with Gasteiger partial charge in [-0.2, -0.15) is 4.57 Å². The largest absolute Gasteiger partial charge is 1.00 e. The predicted molar refractivity (Wildman–Crippen MR) is 75.7 cm³/mol. The Balaban J connectivity index is 0.00000161. The predicted octanol–water partition coefficient (Wildman–Crippen LogP) is -0.264. The highest BCUT2D eigenvalue weighted by molar-refractivity contribution is 5.68. The van der Waals surface area contributed by atoms with Crippen molar-refractivity contribution in [3.63, 3.8) is 0 Å². The quantitative estimate of drug-likeness (QED) is 0.569. The molecule has 0 radical (unpaired) electrons. The summed E-state index contributed by atoms with van der Waals surface area (Å²) >= 11 is 0. The third-order valence-corrected chi connectivity index (χ3v) is 6.08. The highest BCUT2D eigenvalue weighted by Crippen LogP contribution is 2.66. The molecule has 3 atom stereocenters. The van der Waals surface area contributed by atoms with Crippen molar-refractivity contribution >= 4 is 5.97 Å². The number of pyridine rings is 1. The fourth-order valence-corrected chi connectivity index (χ4v) is 4.19. The fraction of sp³-hybridized carbons (Fsp3) is 0.647. The lowest BCUT2D eigenvalue weighted by Crippen LogP contribution is -3.00. The monoisotopic (exact) mass is 309 g/mol. The molecular weight excluding hydrogens is 286 g/mol. The molecule has 2 aliphatic rings. The van der Waals surface area contributed by atoms with Crippen molar-refractivity contribution in [2.45, 2.75) is 52.7 Å². The first-order valence-electron chi connectivity index (χ1n) is 7.57. The van der Waals surface area contributed by atoms with Crippen LogP contribution in [0.3, 0.4) is 0 Å². The number of hydrogen-bond acceptors (Lipinski definition) is 2. The molecule has 2 aliphatic carbocycles. The van der Waals surface area contributed by atoms with Crippen LogP contribution < -0.4 is 17.0 Å². The van der Waals surface area contributed by atoms with Gasteiger partial charge in [0.15, 0.2) is 12.4 Å². The Morgan fingerprint density at radius 2 is 1.90 bits per heavy atom. The molecule has 0 aliphatic heterocycles. The Morgan fingerprint density at radius 3 is 2.43 bits per heavy atom. The number of nitrogens with zero attached hydrogens (tertiary/aromatic N) is 1. The topological polar surface area (TPSA) is 30.2 Å². The van der Waals surface area contributed by atoms with Crippen LogP contribution in [-0.4, -0.2) is 12.1 Å². The lowest BCUT2D eigenvalue weighted by atomic mass is 9.70. The minimum Gasteiger partial charge on any atom is -1.00 e. The van der Waals surface area contributed by atoms with E-state index >= 15 is 0 Å². The van der Waals surface area contributed by atoms with Gasteiger partial charge in [0, 0.05) is 17.5 Å². The maximum atomic E-state index is 12.2. The van der Waals surface area contributed by atoms with Crippen LogP contribution in [0.25, 0.3) is 0 Å². The van der Waals surface area contributed by atoms with Crippen LogP contribution >= 0.6 is 0 Å². The highest BCUT2D eigenvalue weighted by Gasteiger charge is 2.62. The van der Waals surface area contributed by atoms with Crippen LogP contribution in [0.1, 0.15) is 40.0 Å². The van der Waals surface area contributed by atoms with Crippen molar-refractivity contribution in [3.8, 4) is 0 Å². The van der Waals surface area contributed by atoms with Gasteiger partial charge in [-0.3, -0.25) is 0 Å². The lowest BCUT2D eigenvalue weighted by molar-refractivity contribution is -0.686. The highest BCUT2D eigenvalue weighted by atomic mass is 35.5. The first kappa shape index (κ1) is 16.3. The number of esters is 1.